The quantitative estimate of drug-likeness (QED) is 0.753. The molecule has 1 aliphatic rings. The Balaban J connectivity index is 2.16. The summed E-state index contributed by atoms with van der Waals surface area (Å²) in [6.45, 7) is 6.49. The summed E-state index contributed by atoms with van der Waals surface area (Å²) in [5, 5.41) is 0. The number of hydrogen-bond acceptors (Lipinski definition) is 1. The van der Waals surface area contributed by atoms with E-state index in [0.717, 1.165) is 30.6 Å². The standard InChI is InChI=1S/C16H23FO/c1-16(2,3)11-12-10-13(17)8-9-15(12)18-14-6-4-5-7-14/h8-10,14H,4-7,11H2,1-3H3. The first-order valence-electron chi connectivity index (χ1n) is 6.89. The molecule has 18 heavy (non-hydrogen) atoms. The van der Waals surface area contributed by atoms with Crippen molar-refractivity contribution in [3.63, 3.8) is 0 Å². The zero-order valence-electron chi connectivity index (χ0n) is 11.6. The number of benzene rings is 1. The number of halogens is 1. The maximum atomic E-state index is 13.4. The van der Waals surface area contributed by atoms with Crippen molar-refractivity contribution in [1.29, 1.82) is 0 Å². The van der Waals surface area contributed by atoms with Crippen LogP contribution in [0.2, 0.25) is 0 Å². The molecule has 100 valence electrons. The third-order valence-electron chi connectivity index (χ3n) is 3.34. The average molecular weight is 250 g/mol. The predicted molar refractivity (Wildman–Crippen MR) is 72.4 cm³/mol. The van der Waals surface area contributed by atoms with Gasteiger partial charge in [-0.3, -0.25) is 0 Å². The zero-order chi connectivity index (χ0) is 13.2. The summed E-state index contributed by atoms with van der Waals surface area (Å²) in [5.41, 5.74) is 1.14. The van der Waals surface area contributed by atoms with Gasteiger partial charge in [0.1, 0.15) is 11.6 Å². The monoisotopic (exact) mass is 250 g/mol. The molecule has 1 fully saturated rings. The van der Waals surface area contributed by atoms with Crippen LogP contribution < -0.4 is 4.74 Å². The number of ether oxygens (including phenoxy) is 1. The van der Waals surface area contributed by atoms with Crippen molar-refractivity contribution in [3.05, 3.63) is 29.6 Å². The Kier molecular flexibility index (Phi) is 3.94. The van der Waals surface area contributed by atoms with Gasteiger partial charge in [-0.2, -0.15) is 0 Å². The van der Waals surface area contributed by atoms with Gasteiger partial charge in [0, 0.05) is 0 Å². The molecular weight excluding hydrogens is 227 g/mol. The molecule has 0 aliphatic heterocycles. The van der Waals surface area contributed by atoms with Crippen LogP contribution in [0.5, 0.6) is 5.75 Å². The highest BCUT2D eigenvalue weighted by Crippen LogP contribution is 2.31. The molecule has 1 aromatic rings. The molecule has 0 radical (unpaired) electrons. The lowest BCUT2D eigenvalue weighted by atomic mass is 9.88. The Morgan fingerprint density at radius 2 is 1.89 bits per heavy atom. The SMILES string of the molecule is CC(C)(C)Cc1cc(F)ccc1OC1CCCC1. The van der Waals surface area contributed by atoms with E-state index in [0.29, 0.717) is 6.10 Å². The van der Waals surface area contributed by atoms with E-state index < -0.39 is 0 Å². The van der Waals surface area contributed by atoms with Gasteiger partial charge in [-0.25, -0.2) is 4.39 Å². The van der Waals surface area contributed by atoms with Crippen molar-refractivity contribution in [2.45, 2.75) is 59.0 Å². The van der Waals surface area contributed by atoms with Gasteiger partial charge in [0.25, 0.3) is 0 Å². The third-order valence-corrected chi connectivity index (χ3v) is 3.34. The highest BCUT2D eigenvalue weighted by atomic mass is 19.1. The largest absolute Gasteiger partial charge is 0.490 e. The second-order valence-electron chi connectivity index (χ2n) is 6.51. The van der Waals surface area contributed by atoms with E-state index >= 15 is 0 Å². The minimum atomic E-state index is -0.173. The van der Waals surface area contributed by atoms with Crippen LogP contribution >= 0.6 is 0 Å². The summed E-state index contributed by atoms with van der Waals surface area (Å²) >= 11 is 0. The lowest BCUT2D eigenvalue weighted by Gasteiger charge is -2.22. The second-order valence-corrected chi connectivity index (χ2v) is 6.51. The molecule has 0 unspecified atom stereocenters. The summed E-state index contributed by atoms with van der Waals surface area (Å²) < 4.78 is 19.4. The van der Waals surface area contributed by atoms with Gasteiger partial charge in [0.15, 0.2) is 0 Å². The first kappa shape index (κ1) is 13.4. The van der Waals surface area contributed by atoms with Crippen LogP contribution in [0, 0.1) is 11.2 Å². The zero-order valence-corrected chi connectivity index (χ0v) is 11.6. The Labute approximate surface area is 109 Å². The van der Waals surface area contributed by atoms with Crippen molar-refractivity contribution >= 4 is 0 Å². The fraction of sp³-hybridized carbons (Fsp3) is 0.625. The summed E-state index contributed by atoms with van der Waals surface area (Å²) in [6, 6.07) is 4.90. The van der Waals surface area contributed by atoms with Crippen LogP contribution in [0.4, 0.5) is 4.39 Å². The Morgan fingerprint density at radius 1 is 1.22 bits per heavy atom. The van der Waals surface area contributed by atoms with Crippen molar-refractivity contribution in [2.75, 3.05) is 0 Å². The summed E-state index contributed by atoms with van der Waals surface area (Å²) in [4.78, 5) is 0. The predicted octanol–water partition coefficient (Wildman–Crippen LogP) is 4.74. The van der Waals surface area contributed by atoms with Crippen LogP contribution in [0.25, 0.3) is 0 Å². The first-order valence-corrected chi connectivity index (χ1v) is 6.89. The minimum absolute atomic E-state index is 0.140. The van der Waals surface area contributed by atoms with Gasteiger partial charge in [-0.05, 0) is 61.3 Å². The number of rotatable bonds is 3. The maximum Gasteiger partial charge on any atom is 0.123 e. The fourth-order valence-corrected chi connectivity index (χ4v) is 2.56. The molecule has 1 saturated carbocycles. The molecule has 0 heterocycles. The fourth-order valence-electron chi connectivity index (χ4n) is 2.56. The van der Waals surface area contributed by atoms with Gasteiger partial charge in [-0.15, -0.1) is 0 Å². The summed E-state index contributed by atoms with van der Waals surface area (Å²) in [7, 11) is 0. The van der Waals surface area contributed by atoms with Crippen molar-refractivity contribution in [3.8, 4) is 5.75 Å². The van der Waals surface area contributed by atoms with E-state index in [9.17, 15) is 4.39 Å². The Morgan fingerprint density at radius 3 is 2.50 bits per heavy atom. The molecule has 0 atom stereocenters. The molecule has 0 N–H and O–H groups in total. The third kappa shape index (κ3) is 3.72. The lowest BCUT2D eigenvalue weighted by molar-refractivity contribution is 0.205. The second kappa shape index (κ2) is 5.29. The van der Waals surface area contributed by atoms with Crippen LogP contribution in [0.15, 0.2) is 18.2 Å². The van der Waals surface area contributed by atoms with Crippen LogP contribution in [-0.4, -0.2) is 6.10 Å². The lowest BCUT2D eigenvalue weighted by Crippen LogP contribution is -2.15. The molecule has 0 bridgehead atoms. The molecule has 2 heteroatoms. The molecule has 0 saturated heterocycles. The van der Waals surface area contributed by atoms with Gasteiger partial charge in [-0.1, -0.05) is 20.8 Å². The topological polar surface area (TPSA) is 9.23 Å². The van der Waals surface area contributed by atoms with E-state index in [1.54, 1.807) is 12.1 Å². The normalized spacial score (nSPS) is 17.1. The maximum absolute atomic E-state index is 13.4. The van der Waals surface area contributed by atoms with Gasteiger partial charge < -0.3 is 4.74 Å². The van der Waals surface area contributed by atoms with E-state index in [-0.39, 0.29) is 11.2 Å². The average Bonchev–Trinajstić information content (AvgIpc) is 2.72. The van der Waals surface area contributed by atoms with Crippen molar-refractivity contribution in [2.24, 2.45) is 5.41 Å². The Hall–Kier alpha value is -1.05. The van der Waals surface area contributed by atoms with Crippen LogP contribution in [-0.2, 0) is 6.42 Å². The van der Waals surface area contributed by atoms with Crippen LogP contribution in [0.1, 0.15) is 52.0 Å². The van der Waals surface area contributed by atoms with E-state index in [1.807, 2.05) is 0 Å². The summed E-state index contributed by atoms with van der Waals surface area (Å²) in [5.74, 6) is 0.700. The molecular formula is C16H23FO. The van der Waals surface area contributed by atoms with Gasteiger partial charge >= 0.3 is 0 Å². The minimum Gasteiger partial charge on any atom is -0.490 e. The summed E-state index contributed by atoms with van der Waals surface area (Å²) in [6.07, 6.45) is 5.93. The molecule has 0 amide bonds. The van der Waals surface area contributed by atoms with Crippen molar-refractivity contribution < 1.29 is 9.13 Å². The van der Waals surface area contributed by atoms with Crippen LogP contribution in [0.3, 0.4) is 0 Å². The molecule has 0 aromatic heterocycles. The van der Waals surface area contributed by atoms with Gasteiger partial charge in [0.05, 0.1) is 6.10 Å². The van der Waals surface area contributed by atoms with E-state index in [1.165, 1.54) is 18.9 Å². The highest BCUT2D eigenvalue weighted by Gasteiger charge is 2.20. The smallest absolute Gasteiger partial charge is 0.123 e. The van der Waals surface area contributed by atoms with E-state index in [2.05, 4.69) is 20.8 Å². The van der Waals surface area contributed by atoms with Crippen molar-refractivity contribution in [1.82, 2.24) is 0 Å². The highest BCUT2D eigenvalue weighted by molar-refractivity contribution is 5.35. The molecule has 1 aliphatic carbocycles. The molecule has 0 spiro atoms. The molecule has 1 aromatic carbocycles. The Bertz CT molecular complexity index is 400. The van der Waals surface area contributed by atoms with Gasteiger partial charge in [0.2, 0.25) is 0 Å². The van der Waals surface area contributed by atoms with E-state index in [4.69, 9.17) is 4.74 Å². The first-order chi connectivity index (χ1) is 8.44. The molecule has 1 nitrogen and oxygen atoms in total. The molecule has 2 rings (SSSR count). The number of hydrogen-bond donors (Lipinski definition) is 0.